The molecule has 0 aliphatic rings. The van der Waals surface area contributed by atoms with E-state index in [1.807, 2.05) is 0 Å². The van der Waals surface area contributed by atoms with Crippen molar-refractivity contribution in [1.82, 2.24) is 19.1 Å². The highest BCUT2D eigenvalue weighted by molar-refractivity contribution is 6.28. The average molecular weight is 286 g/mol. The van der Waals surface area contributed by atoms with Crippen LogP contribution in [0.4, 0.5) is 0 Å². The van der Waals surface area contributed by atoms with Crippen molar-refractivity contribution >= 4 is 22.6 Å². The first-order chi connectivity index (χ1) is 9.61. The summed E-state index contributed by atoms with van der Waals surface area (Å²) in [4.78, 5) is 20.2. The summed E-state index contributed by atoms with van der Waals surface area (Å²) in [6.45, 7) is 0. The topological polar surface area (TPSA) is 76.5 Å². The number of nitrogens with zero attached hydrogens (tertiary/aromatic N) is 5. The normalized spacial score (nSPS) is 10.7. The smallest absolute Gasteiger partial charge is 0.295 e. The van der Waals surface area contributed by atoms with Crippen molar-refractivity contribution in [1.29, 1.82) is 5.26 Å². The van der Waals surface area contributed by atoms with E-state index in [0.717, 1.165) is 0 Å². The van der Waals surface area contributed by atoms with E-state index in [0.29, 0.717) is 22.4 Å². The van der Waals surface area contributed by atoms with E-state index in [2.05, 4.69) is 16.0 Å². The van der Waals surface area contributed by atoms with Crippen molar-refractivity contribution in [3.8, 4) is 11.9 Å². The van der Waals surface area contributed by atoms with Crippen molar-refractivity contribution < 1.29 is 0 Å². The Hall–Kier alpha value is -2.65. The van der Waals surface area contributed by atoms with Gasteiger partial charge in [-0.3, -0.25) is 4.57 Å². The molecule has 0 saturated heterocycles. The number of aryl methyl sites for hydroxylation is 1. The average Bonchev–Trinajstić information content (AvgIpc) is 2.70. The molecule has 0 aliphatic carbocycles. The lowest BCUT2D eigenvalue weighted by molar-refractivity contribution is 0.831. The van der Waals surface area contributed by atoms with E-state index >= 15 is 0 Å². The molecule has 2 aromatic heterocycles. The number of rotatable bonds is 1. The molecule has 98 valence electrons. The van der Waals surface area contributed by atoms with Crippen molar-refractivity contribution in [3.63, 3.8) is 0 Å². The molecule has 2 heterocycles. The van der Waals surface area contributed by atoms with E-state index in [4.69, 9.17) is 16.9 Å². The van der Waals surface area contributed by atoms with Gasteiger partial charge in [-0.25, -0.2) is 14.3 Å². The third kappa shape index (κ3) is 1.76. The van der Waals surface area contributed by atoms with Gasteiger partial charge in [0, 0.05) is 19.3 Å². The molecule has 0 fully saturated rings. The summed E-state index contributed by atoms with van der Waals surface area (Å²) in [7, 11) is 1.64. The Kier molecular flexibility index (Phi) is 2.77. The standard InChI is InChI=1S/C13H8ClN5O/c1-18-10-6-8(7-15)2-3-9(10)19(13(18)20)11-4-5-16-12(14)17-11/h2-6H,1H3. The molecule has 0 unspecified atom stereocenters. The number of halogens is 1. The summed E-state index contributed by atoms with van der Waals surface area (Å²) >= 11 is 5.77. The van der Waals surface area contributed by atoms with Gasteiger partial charge >= 0.3 is 5.69 Å². The zero-order valence-electron chi connectivity index (χ0n) is 10.4. The molecule has 0 aliphatic heterocycles. The van der Waals surface area contributed by atoms with Gasteiger partial charge in [-0.2, -0.15) is 10.2 Å². The second kappa shape index (κ2) is 4.47. The molecule has 0 spiro atoms. The molecule has 0 atom stereocenters. The van der Waals surface area contributed by atoms with Gasteiger partial charge in [-0.05, 0) is 29.8 Å². The van der Waals surface area contributed by atoms with Crippen LogP contribution in [-0.2, 0) is 7.05 Å². The number of hydrogen-bond donors (Lipinski definition) is 0. The fourth-order valence-corrected chi connectivity index (χ4v) is 2.22. The van der Waals surface area contributed by atoms with Gasteiger partial charge in [-0.1, -0.05) is 0 Å². The summed E-state index contributed by atoms with van der Waals surface area (Å²) in [5, 5.41) is 9.00. The summed E-state index contributed by atoms with van der Waals surface area (Å²) in [5.74, 6) is 0.394. The lowest BCUT2D eigenvalue weighted by atomic mass is 10.2. The number of aromatic nitrogens is 4. The molecular weight excluding hydrogens is 278 g/mol. The van der Waals surface area contributed by atoms with Gasteiger partial charge in [0.15, 0.2) is 0 Å². The lowest BCUT2D eigenvalue weighted by Gasteiger charge is -2.01. The Bertz CT molecular complexity index is 919. The fourth-order valence-electron chi connectivity index (χ4n) is 2.08. The summed E-state index contributed by atoms with van der Waals surface area (Å²) in [6, 6.07) is 8.68. The number of imidazole rings is 1. The molecule has 0 radical (unpaired) electrons. The van der Waals surface area contributed by atoms with Gasteiger partial charge in [0.05, 0.1) is 22.7 Å². The van der Waals surface area contributed by atoms with Gasteiger partial charge in [0.1, 0.15) is 5.82 Å². The molecule has 0 saturated carbocycles. The largest absolute Gasteiger partial charge is 0.334 e. The second-order valence-electron chi connectivity index (χ2n) is 4.18. The van der Waals surface area contributed by atoms with Crippen molar-refractivity contribution in [2.45, 2.75) is 0 Å². The molecule has 0 amide bonds. The third-order valence-corrected chi connectivity index (χ3v) is 3.21. The zero-order valence-corrected chi connectivity index (χ0v) is 11.2. The maximum Gasteiger partial charge on any atom is 0.334 e. The highest BCUT2D eigenvalue weighted by Crippen LogP contribution is 2.17. The van der Waals surface area contributed by atoms with Crippen LogP contribution in [0.25, 0.3) is 16.9 Å². The number of fused-ring (bicyclic) bond motifs is 1. The summed E-state index contributed by atoms with van der Waals surface area (Å²) in [6.07, 6.45) is 1.49. The minimum atomic E-state index is -0.259. The Morgan fingerprint density at radius 3 is 2.80 bits per heavy atom. The first-order valence-corrected chi connectivity index (χ1v) is 6.10. The molecule has 3 aromatic rings. The van der Waals surface area contributed by atoms with Crippen LogP contribution >= 0.6 is 11.6 Å². The summed E-state index contributed by atoms with van der Waals surface area (Å²) < 4.78 is 2.90. The molecule has 0 N–H and O–H groups in total. The minimum absolute atomic E-state index is 0.0695. The predicted molar refractivity (Wildman–Crippen MR) is 73.8 cm³/mol. The maximum absolute atomic E-state index is 12.3. The van der Waals surface area contributed by atoms with E-state index in [-0.39, 0.29) is 11.0 Å². The predicted octanol–water partition coefficient (Wildman–Crippen LogP) is 1.64. The Balaban J connectivity index is 2.40. The lowest BCUT2D eigenvalue weighted by Crippen LogP contribution is -2.21. The van der Waals surface area contributed by atoms with Crippen LogP contribution in [0, 0.1) is 11.3 Å². The number of benzene rings is 1. The molecule has 20 heavy (non-hydrogen) atoms. The zero-order chi connectivity index (χ0) is 14.3. The van der Waals surface area contributed by atoms with E-state index in [1.54, 1.807) is 31.3 Å². The van der Waals surface area contributed by atoms with Crippen molar-refractivity contribution in [2.75, 3.05) is 0 Å². The fraction of sp³-hybridized carbons (Fsp3) is 0.0769. The van der Waals surface area contributed by atoms with Crippen LogP contribution in [0.3, 0.4) is 0 Å². The molecule has 1 aromatic carbocycles. The Labute approximate surface area is 118 Å². The molecule has 3 rings (SSSR count). The van der Waals surface area contributed by atoms with Crippen LogP contribution in [-0.4, -0.2) is 19.1 Å². The highest BCUT2D eigenvalue weighted by atomic mass is 35.5. The van der Waals surface area contributed by atoms with Crippen LogP contribution < -0.4 is 5.69 Å². The third-order valence-electron chi connectivity index (χ3n) is 3.03. The van der Waals surface area contributed by atoms with Gasteiger partial charge in [0.25, 0.3) is 0 Å². The van der Waals surface area contributed by atoms with Crippen LogP contribution in [0.15, 0.2) is 35.3 Å². The quantitative estimate of drug-likeness (QED) is 0.637. The van der Waals surface area contributed by atoms with Crippen molar-refractivity contribution in [3.05, 3.63) is 51.8 Å². The van der Waals surface area contributed by atoms with Gasteiger partial charge in [0.2, 0.25) is 5.28 Å². The SMILES string of the molecule is Cn1c(=O)n(-c2ccnc(Cl)n2)c2ccc(C#N)cc21. The molecule has 6 nitrogen and oxygen atoms in total. The van der Waals surface area contributed by atoms with Gasteiger partial charge < -0.3 is 0 Å². The van der Waals surface area contributed by atoms with E-state index in [9.17, 15) is 4.79 Å². The summed E-state index contributed by atoms with van der Waals surface area (Å²) in [5.41, 5.74) is 1.55. The molecule has 0 bridgehead atoms. The molecular formula is C13H8ClN5O. The Morgan fingerprint density at radius 2 is 2.10 bits per heavy atom. The number of hydrogen-bond acceptors (Lipinski definition) is 4. The van der Waals surface area contributed by atoms with Crippen molar-refractivity contribution in [2.24, 2.45) is 7.05 Å². The number of nitriles is 1. The molecule has 7 heteroatoms. The van der Waals surface area contributed by atoms with Crippen LogP contribution in [0.2, 0.25) is 5.28 Å². The second-order valence-corrected chi connectivity index (χ2v) is 4.51. The maximum atomic E-state index is 12.3. The Morgan fingerprint density at radius 1 is 1.30 bits per heavy atom. The van der Waals surface area contributed by atoms with Crippen LogP contribution in [0.5, 0.6) is 0 Å². The van der Waals surface area contributed by atoms with Gasteiger partial charge in [-0.15, -0.1) is 0 Å². The first-order valence-electron chi connectivity index (χ1n) is 5.72. The minimum Gasteiger partial charge on any atom is -0.295 e. The highest BCUT2D eigenvalue weighted by Gasteiger charge is 2.14. The monoisotopic (exact) mass is 285 g/mol. The first kappa shape index (κ1) is 12.4. The van der Waals surface area contributed by atoms with E-state index in [1.165, 1.54) is 15.3 Å². The van der Waals surface area contributed by atoms with Crippen LogP contribution in [0.1, 0.15) is 5.56 Å². The van der Waals surface area contributed by atoms with E-state index < -0.39 is 0 Å².